The summed E-state index contributed by atoms with van der Waals surface area (Å²) in [6.45, 7) is -0.970. The van der Waals surface area contributed by atoms with Crippen molar-refractivity contribution in [2.75, 3.05) is 14.1 Å². The van der Waals surface area contributed by atoms with Crippen molar-refractivity contribution < 1.29 is 56.9 Å². The maximum absolute atomic E-state index is 12.7. The molecule has 2 N–H and O–H groups in total. The van der Waals surface area contributed by atoms with Crippen LogP contribution in [0.3, 0.4) is 0 Å². The first kappa shape index (κ1) is 24.4. The van der Waals surface area contributed by atoms with Gasteiger partial charge >= 0.3 is 39.1 Å². The molecule has 0 bridgehead atoms. The van der Waals surface area contributed by atoms with Crippen molar-refractivity contribution in [2.45, 2.75) is 35.9 Å². The standard InChI is InChI=1S/C6H4F10O3S.C2H7N/c1-2(7,8)3(9,10)4(11,12)5(13,14)6(15,16)20(17,18)19;1-3-2/h1H3,(H,17,18,19);3H,1-2H3. The second-order valence-electron chi connectivity index (χ2n) is 4.10. The van der Waals surface area contributed by atoms with Crippen LogP contribution in [0.4, 0.5) is 43.9 Å². The molecule has 4 nitrogen and oxygen atoms in total. The zero-order chi connectivity index (χ0) is 19.7. The molecule has 0 amide bonds. The fourth-order valence-corrected chi connectivity index (χ4v) is 1.27. The Hall–Kier alpha value is -0.830. The van der Waals surface area contributed by atoms with E-state index in [0.717, 1.165) is 0 Å². The normalized spacial score (nSPS) is 15.0. The molecule has 0 heterocycles. The molecular formula is C8H11F10NO3S. The van der Waals surface area contributed by atoms with Crippen LogP contribution >= 0.6 is 0 Å². The summed E-state index contributed by atoms with van der Waals surface area (Å²) in [5.74, 6) is -27.9. The lowest BCUT2D eigenvalue weighted by atomic mass is 10.00. The van der Waals surface area contributed by atoms with Crippen molar-refractivity contribution in [1.29, 1.82) is 0 Å². The highest BCUT2D eigenvalue weighted by molar-refractivity contribution is 7.87. The van der Waals surface area contributed by atoms with E-state index in [-0.39, 0.29) is 0 Å². The zero-order valence-electron chi connectivity index (χ0n) is 11.5. The molecule has 0 aromatic carbocycles. The number of rotatable bonds is 5. The molecule has 0 saturated carbocycles. The SMILES string of the molecule is CC(F)(F)C(F)(F)C(F)(F)C(F)(F)C(F)(F)S(=O)(=O)O.CNC. The van der Waals surface area contributed by atoms with Gasteiger partial charge in [-0.3, -0.25) is 4.55 Å². The van der Waals surface area contributed by atoms with Crippen LogP contribution in [0.1, 0.15) is 6.92 Å². The maximum atomic E-state index is 12.7. The van der Waals surface area contributed by atoms with Crippen molar-refractivity contribution in [3.63, 3.8) is 0 Å². The van der Waals surface area contributed by atoms with Crippen LogP contribution in [0.2, 0.25) is 0 Å². The summed E-state index contributed by atoms with van der Waals surface area (Å²) in [5.41, 5.74) is 0. The first-order valence-electron chi connectivity index (χ1n) is 5.11. The largest absolute Gasteiger partial charge is 0.438 e. The highest BCUT2D eigenvalue weighted by Crippen LogP contribution is 2.57. The maximum Gasteiger partial charge on any atom is 0.438 e. The Labute approximate surface area is 123 Å². The predicted octanol–water partition coefficient (Wildman–Crippen LogP) is 2.86. The van der Waals surface area contributed by atoms with Gasteiger partial charge in [0.05, 0.1) is 0 Å². The first-order valence-corrected chi connectivity index (χ1v) is 6.55. The first-order chi connectivity index (χ1) is 9.66. The third-order valence-electron chi connectivity index (χ3n) is 2.03. The molecule has 0 aliphatic heterocycles. The summed E-state index contributed by atoms with van der Waals surface area (Å²) in [4.78, 5) is 0. The molecule has 0 fully saturated rings. The van der Waals surface area contributed by atoms with Crippen LogP contribution in [0.5, 0.6) is 0 Å². The molecule has 142 valence electrons. The van der Waals surface area contributed by atoms with Crippen LogP contribution < -0.4 is 5.32 Å². The lowest BCUT2D eigenvalue weighted by molar-refractivity contribution is -0.386. The average molecular weight is 391 g/mol. The van der Waals surface area contributed by atoms with Gasteiger partial charge in [-0.15, -0.1) is 0 Å². The summed E-state index contributed by atoms with van der Waals surface area (Å²) in [7, 11) is -3.54. The molecule has 15 heteroatoms. The monoisotopic (exact) mass is 391 g/mol. The van der Waals surface area contributed by atoms with Gasteiger partial charge in [0, 0.05) is 6.92 Å². The van der Waals surface area contributed by atoms with Gasteiger partial charge in [-0.05, 0) is 14.1 Å². The van der Waals surface area contributed by atoms with E-state index in [2.05, 4.69) is 5.32 Å². The van der Waals surface area contributed by atoms with E-state index >= 15 is 0 Å². The van der Waals surface area contributed by atoms with E-state index in [1.807, 2.05) is 14.1 Å². The van der Waals surface area contributed by atoms with Gasteiger partial charge < -0.3 is 5.32 Å². The Bertz CT molecular complexity index is 499. The van der Waals surface area contributed by atoms with Crippen molar-refractivity contribution in [3.8, 4) is 0 Å². The summed E-state index contributed by atoms with van der Waals surface area (Å²) in [6.07, 6.45) is 0. The number of hydrogen-bond acceptors (Lipinski definition) is 3. The third kappa shape index (κ3) is 3.99. The second kappa shape index (κ2) is 6.58. The molecule has 0 aliphatic carbocycles. The Morgan fingerprint density at radius 2 is 1.00 bits per heavy atom. The van der Waals surface area contributed by atoms with Crippen LogP contribution in [-0.4, -0.2) is 56.0 Å². The number of hydrogen-bond donors (Lipinski definition) is 2. The van der Waals surface area contributed by atoms with E-state index < -0.39 is 46.0 Å². The molecule has 0 aromatic heterocycles. The van der Waals surface area contributed by atoms with E-state index in [0.29, 0.717) is 0 Å². The average Bonchev–Trinajstić information content (AvgIpc) is 2.26. The van der Waals surface area contributed by atoms with Crippen molar-refractivity contribution in [1.82, 2.24) is 5.32 Å². The Balaban J connectivity index is 0. The molecule has 0 atom stereocenters. The second-order valence-corrected chi connectivity index (χ2v) is 5.57. The van der Waals surface area contributed by atoms with Crippen molar-refractivity contribution >= 4 is 10.1 Å². The number of nitrogens with one attached hydrogen (secondary N) is 1. The topological polar surface area (TPSA) is 66.4 Å². The minimum atomic E-state index is -7.52. The van der Waals surface area contributed by atoms with Gasteiger partial charge in [0.1, 0.15) is 0 Å². The van der Waals surface area contributed by atoms with E-state index in [1.165, 1.54) is 0 Å². The van der Waals surface area contributed by atoms with Crippen LogP contribution in [0.25, 0.3) is 0 Å². The molecule has 23 heavy (non-hydrogen) atoms. The Kier molecular flexibility index (Phi) is 6.99. The Morgan fingerprint density at radius 3 is 1.17 bits per heavy atom. The van der Waals surface area contributed by atoms with E-state index in [9.17, 15) is 52.3 Å². The smallest absolute Gasteiger partial charge is 0.323 e. The summed E-state index contributed by atoms with van der Waals surface area (Å²) in [5, 5.41) is -4.38. The minimum Gasteiger partial charge on any atom is -0.323 e. The number of alkyl halides is 10. The minimum absolute atomic E-state index is 0.970. The van der Waals surface area contributed by atoms with Gasteiger partial charge in [0.2, 0.25) is 0 Å². The quantitative estimate of drug-likeness (QED) is 0.559. The summed E-state index contributed by atoms with van der Waals surface area (Å²) in [6, 6.07) is 0. The molecule has 0 spiro atoms. The van der Waals surface area contributed by atoms with Gasteiger partial charge in [-0.1, -0.05) is 0 Å². The molecule has 0 radical (unpaired) electrons. The van der Waals surface area contributed by atoms with Gasteiger partial charge in [0.25, 0.3) is 0 Å². The number of halogens is 10. The Morgan fingerprint density at radius 1 is 0.739 bits per heavy atom. The van der Waals surface area contributed by atoms with Gasteiger partial charge in [-0.25, -0.2) is 0 Å². The summed E-state index contributed by atoms with van der Waals surface area (Å²) >= 11 is 0. The van der Waals surface area contributed by atoms with Crippen LogP contribution in [-0.2, 0) is 10.1 Å². The highest BCUT2D eigenvalue weighted by atomic mass is 32.2. The van der Waals surface area contributed by atoms with Crippen LogP contribution in [0.15, 0.2) is 0 Å². The summed E-state index contributed by atoms with van der Waals surface area (Å²) < 4.78 is 152. The molecule has 0 unspecified atom stereocenters. The van der Waals surface area contributed by atoms with Crippen LogP contribution in [0, 0.1) is 0 Å². The third-order valence-corrected chi connectivity index (χ3v) is 2.93. The molecule has 0 aliphatic rings. The van der Waals surface area contributed by atoms with E-state index in [1.54, 1.807) is 0 Å². The van der Waals surface area contributed by atoms with Gasteiger partial charge in [0.15, 0.2) is 0 Å². The molecular weight excluding hydrogens is 380 g/mol. The lowest BCUT2D eigenvalue weighted by Crippen LogP contribution is -2.68. The highest BCUT2D eigenvalue weighted by Gasteiger charge is 2.88. The molecule has 0 rings (SSSR count). The fraction of sp³-hybridized carbons (Fsp3) is 1.00. The molecule has 0 aromatic rings. The zero-order valence-corrected chi connectivity index (χ0v) is 12.3. The lowest BCUT2D eigenvalue weighted by Gasteiger charge is -2.37. The molecule has 0 saturated heterocycles. The fourth-order valence-electron chi connectivity index (χ4n) is 0.818. The van der Waals surface area contributed by atoms with E-state index in [4.69, 9.17) is 4.55 Å². The predicted molar refractivity (Wildman–Crippen MR) is 56.9 cm³/mol. The van der Waals surface area contributed by atoms with Crippen molar-refractivity contribution in [2.24, 2.45) is 0 Å². The van der Waals surface area contributed by atoms with Crippen molar-refractivity contribution in [3.05, 3.63) is 0 Å². The van der Waals surface area contributed by atoms with Gasteiger partial charge in [-0.2, -0.15) is 52.3 Å².